The van der Waals surface area contributed by atoms with Gasteiger partial charge in [-0.2, -0.15) is 18.2 Å². The Hall–Kier alpha value is -1.64. The van der Waals surface area contributed by atoms with Crippen molar-refractivity contribution in [2.24, 2.45) is 0 Å². The van der Waals surface area contributed by atoms with E-state index in [2.05, 4.69) is 14.7 Å². The zero-order valence-electron chi connectivity index (χ0n) is 7.94. The number of aliphatic carboxylic acids is 1. The number of carbonyl (C=O) groups is 1. The molecule has 0 saturated heterocycles. The van der Waals surface area contributed by atoms with Gasteiger partial charge in [0.1, 0.15) is 0 Å². The van der Waals surface area contributed by atoms with Crippen LogP contribution in [0.5, 0.6) is 0 Å². The number of aromatic nitrogens is 2. The van der Waals surface area contributed by atoms with Gasteiger partial charge in [0.05, 0.1) is 19.6 Å². The van der Waals surface area contributed by atoms with Gasteiger partial charge in [-0.15, -0.1) is 0 Å². The molecular formula is C7H8F3N3O3. The van der Waals surface area contributed by atoms with Crippen molar-refractivity contribution in [3.63, 3.8) is 0 Å². The Morgan fingerprint density at radius 3 is 2.69 bits per heavy atom. The third-order valence-electron chi connectivity index (χ3n) is 1.53. The van der Waals surface area contributed by atoms with Crippen molar-refractivity contribution >= 4 is 5.97 Å². The molecule has 0 atom stereocenters. The molecule has 0 aliphatic carbocycles. The molecule has 1 N–H and O–H groups in total. The summed E-state index contributed by atoms with van der Waals surface area (Å²) in [5.41, 5.74) is 0. The smallest absolute Gasteiger partial charge is 0.401 e. The van der Waals surface area contributed by atoms with Gasteiger partial charge in [0.15, 0.2) is 6.33 Å². The number of carboxylic acid groups (broad SMARTS) is 1. The Morgan fingerprint density at radius 1 is 1.56 bits per heavy atom. The van der Waals surface area contributed by atoms with Gasteiger partial charge >= 0.3 is 12.1 Å². The van der Waals surface area contributed by atoms with Crippen LogP contribution in [0.15, 0.2) is 10.9 Å². The molecule has 0 radical (unpaired) electrons. The van der Waals surface area contributed by atoms with Crippen molar-refractivity contribution in [1.82, 2.24) is 15.0 Å². The number of hydrogen-bond donors (Lipinski definition) is 1. The third-order valence-corrected chi connectivity index (χ3v) is 1.53. The van der Waals surface area contributed by atoms with Crippen LogP contribution >= 0.6 is 0 Å². The first-order valence-electron chi connectivity index (χ1n) is 4.13. The maximum atomic E-state index is 12.1. The van der Waals surface area contributed by atoms with Gasteiger partial charge in [0, 0.05) is 0 Å². The van der Waals surface area contributed by atoms with E-state index in [4.69, 9.17) is 5.11 Å². The summed E-state index contributed by atoms with van der Waals surface area (Å²) in [4.78, 5) is 14.5. The molecule has 0 amide bonds. The Bertz CT molecular complexity index is 338. The summed E-state index contributed by atoms with van der Waals surface area (Å²) in [6.45, 7) is -2.45. The second-order valence-corrected chi connectivity index (χ2v) is 2.99. The van der Waals surface area contributed by atoms with E-state index < -0.39 is 25.2 Å². The Labute approximate surface area is 87.7 Å². The molecule has 0 saturated carbocycles. The number of nitrogens with zero attached hydrogens (tertiary/aromatic N) is 3. The molecule has 1 heterocycles. The molecule has 9 heteroatoms. The summed E-state index contributed by atoms with van der Waals surface area (Å²) in [7, 11) is 0. The van der Waals surface area contributed by atoms with Gasteiger partial charge in [0.2, 0.25) is 5.89 Å². The van der Waals surface area contributed by atoms with Crippen molar-refractivity contribution in [2.45, 2.75) is 12.7 Å². The van der Waals surface area contributed by atoms with Gasteiger partial charge in [-0.05, 0) is 0 Å². The Kier molecular flexibility index (Phi) is 3.82. The van der Waals surface area contributed by atoms with E-state index in [1.54, 1.807) is 0 Å². The standard InChI is InChI=1S/C7H8F3N3O3/c8-7(9,10)3-13(2-6(14)15)1-5-11-4-12-16-5/h4H,1-3H2,(H,14,15). The van der Waals surface area contributed by atoms with Crippen LogP contribution in [0.3, 0.4) is 0 Å². The Morgan fingerprint density at radius 2 is 2.25 bits per heavy atom. The number of carboxylic acids is 1. The summed E-state index contributed by atoms with van der Waals surface area (Å²) >= 11 is 0. The van der Waals surface area contributed by atoms with E-state index in [0.29, 0.717) is 4.90 Å². The summed E-state index contributed by atoms with van der Waals surface area (Å²) in [5, 5.41) is 11.6. The van der Waals surface area contributed by atoms with E-state index in [-0.39, 0.29) is 12.4 Å². The first-order valence-corrected chi connectivity index (χ1v) is 4.13. The number of hydrogen-bond acceptors (Lipinski definition) is 5. The van der Waals surface area contributed by atoms with Crippen molar-refractivity contribution in [3.8, 4) is 0 Å². The maximum Gasteiger partial charge on any atom is 0.401 e. The van der Waals surface area contributed by atoms with Crippen molar-refractivity contribution in [2.75, 3.05) is 13.1 Å². The van der Waals surface area contributed by atoms with E-state index in [1.807, 2.05) is 0 Å². The van der Waals surface area contributed by atoms with E-state index in [0.717, 1.165) is 6.33 Å². The van der Waals surface area contributed by atoms with Crippen LogP contribution in [0.2, 0.25) is 0 Å². The van der Waals surface area contributed by atoms with E-state index >= 15 is 0 Å². The summed E-state index contributed by atoms with van der Waals surface area (Å²) in [6.07, 6.45) is -3.45. The third kappa shape index (κ3) is 4.73. The zero-order chi connectivity index (χ0) is 12.2. The lowest BCUT2D eigenvalue weighted by Crippen LogP contribution is -2.37. The minimum atomic E-state index is -4.48. The van der Waals surface area contributed by atoms with E-state index in [1.165, 1.54) is 0 Å². The first kappa shape index (κ1) is 12.4. The van der Waals surface area contributed by atoms with Gasteiger partial charge < -0.3 is 9.63 Å². The number of halogens is 3. The molecule has 0 aromatic carbocycles. The molecule has 0 aliphatic heterocycles. The normalized spacial score (nSPS) is 12.0. The molecule has 0 unspecified atom stereocenters. The minimum Gasteiger partial charge on any atom is -0.480 e. The molecule has 16 heavy (non-hydrogen) atoms. The average molecular weight is 239 g/mol. The second kappa shape index (κ2) is 4.92. The van der Waals surface area contributed by atoms with Crippen LogP contribution in [-0.2, 0) is 11.3 Å². The molecule has 0 spiro atoms. The van der Waals surface area contributed by atoms with Crippen molar-refractivity contribution in [3.05, 3.63) is 12.2 Å². The van der Waals surface area contributed by atoms with Crippen LogP contribution in [0.4, 0.5) is 13.2 Å². The quantitative estimate of drug-likeness (QED) is 0.806. The fourth-order valence-corrected chi connectivity index (χ4v) is 1.07. The molecular weight excluding hydrogens is 231 g/mol. The molecule has 90 valence electrons. The van der Waals surface area contributed by atoms with Crippen LogP contribution in [0.1, 0.15) is 5.89 Å². The number of alkyl halides is 3. The molecule has 0 aliphatic rings. The molecule has 1 aromatic heterocycles. The number of rotatable bonds is 5. The first-order chi connectivity index (χ1) is 7.37. The van der Waals surface area contributed by atoms with Gasteiger partial charge in [-0.25, -0.2) is 0 Å². The SMILES string of the molecule is O=C(O)CN(Cc1ncno1)CC(F)(F)F. The monoisotopic (exact) mass is 239 g/mol. The highest BCUT2D eigenvalue weighted by Crippen LogP contribution is 2.17. The molecule has 1 rings (SSSR count). The van der Waals surface area contributed by atoms with Gasteiger partial charge in [-0.1, -0.05) is 5.16 Å². The highest BCUT2D eigenvalue weighted by Gasteiger charge is 2.32. The zero-order valence-corrected chi connectivity index (χ0v) is 7.94. The largest absolute Gasteiger partial charge is 0.480 e. The summed E-state index contributed by atoms with van der Waals surface area (Å²) < 4.78 is 40.7. The molecule has 6 nitrogen and oxygen atoms in total. The van der Waals surface area contributed by atoms with E-state index in [9.17, 15) is 18.0 Å². The maximum absolute atomic E-state index is 12.1. The fraction of sp³-hybridized carbons (Fsp3) is 0.571. The van der Waals surface area contributed by atoms with Gasteiger partial charge in [0.25, 0.3) is 0 Å². The predicted octanol–water partition coefficient (Wildman–Crippen LogP) is 0.518. The van der Waals surface area contributed by atoms with Crippen LogP contribution in [0.25, 0.3) is 0 Å². The lowest BCUT2D eigenvalue weighted by atomic mass is 10.4. The topological polar surface area (TPSA) is 79.5 Å². The lowest BCUT2D eigenvalue weighted by molar-refractivity contribution is -0.155. The van der Waals surface area contributed by atoms with Crippen molar-refractivity contribution in [1.29, 1.82) is 0 Å². The molecule has 0 bridgehead atoms. The predicted molar refractivity (Wildman–Crippen MR) is 43.3 cm³/mol. The lowest BCUT2D eigenvalue weighted by Gasteiger charge is -2.19. The minimum absolute atomic E-state index is 0.0644. The second-order valence-electron chi connectivity index (χ2n) is 2.99. The fourth-order valence-electron chi connectivity index (χ4n) is 1.07. The highest BCUT2D eigenvalue weighted by molar-refractivity contribution is 5.69. The summed E-state index contributed by atoms with van der Waals surface area (Å²) in [6, 6.07) is 0. The highest BCUT2D eigenvalue weighted by atomic mass is 19.4. The Balaban J connectivity index is 2.60. The van der Waals surface area contributed by atoms with Crippen LogP contribution < -0.4 is 0 Å². The average Bonchev–Trinajstić information content (AvgIpc) is 2.51. The van der Waals surface area contributed by atoms with Gasteiger partial charge in [-0.3, -0.25) is 9.69 Å². The molecule has 1 aromatic rings. The van der Waals surface area contributed by atoms with Crippen LogP contribution in [0, 0.1) is 0 Å². The molecule has 0 fully saturated rings. The summed E-state index contributed by atoms with van der Waals surface area (Å²) in [5.74, 6) is -1.42. The van der Waals surface area contributed by atoms with Crippen LogP contribution in [-0.4, -0.2) is 45.4 Å². The van der Waals surface area contributed by atoms with Crippen molar-refractivity contribution < 1.29 is 27.6 Å².